The second-order valence-corrected chi connectivity index (χ2v) is 9.12. The van der Waals surface area contributed by atoms with Gasteiger partial charge in [-0.2, -0.15) is 13.2 Å². The molecule has 0 N–H and O–H groups in total. The van der Waals surface area contributed by atoms with Crippen molar-refractivity contribution in [3.63, 3.8) is 0 Å². The van der Waals surface area contributed by atoms with Crippen LogP contribution in [0.3, 0.4) is 0 Å². The van der Waals surface area contributed by atoms with Crippen LogP contribution >= 0.6 is 0 Å². The molecular weight excluding hydrogens is 407 g/mol. The zero-order valence-corrected chi connectivity index (χ0v) is 18.2. The van der Waals surface area contributed by atoms with Gasteiger partial charge in [0.25, 0.3) is 0 Å². The van der Waals surface area contributed by atoms with Crippen LogP contribution in [0.25, 0.3) is 16.3 Å². The standard InChI is InChI=1S/C28H28F3N/c29-28(30,31)27-7-3-6-24(19-27)21-11-14-32(15-12-21)13-10-20-8-9-25-17-22-4-1-2-5-23(22)18-26(25)16-20/h3,6-9,11,16-19H,1-2,4-5,10,12-15H2. The SMILES string of the molecule is FC(F)(F)c1cccc(C2=CCN(CCc3ccc4cc5c(cc4c3)CCCC5)CC2)c1. The van der Waals surface area contributed by atoms with Crippen molar-refractivity contribution in [2.24, 2.45) is 0 Å². The van der Waals surface area contributed by atoms with E-state index in [1.807, 2.05) is 0 Å². The third kappa shape index (κ3) is 4.61. The van der Waals surface area contributed by atoms with Crippen LogP contribution in [0.15, 0.2) is 60.7 Å². The molecule has 1 aliphatic heterocycles. The topological polar surface area (TPSA) is 3.24 Å². The fourth-order valence-electron chi connectivity index (χ4n) is 5.05. The maximum absolute atomic E-state index is 13.0. The predicted molar refractivity (Wildman–Crippen MR) is 125 cm³/mol. The number of fused-ring (bicyclic) bond motifs is 2. The number of hydrogen-bond donors (Lipinski definition) is 0. The number of alkyl halides is 3. The molecule has 0 radical (unpaired) electrons. The lowest BCUT2D eigenvalue weighted by atomic mass is 9.89. The van der Waals surface area contributed by atoms with Crippen LogP contribution in [0.5, 0.6) is 0 Å². The van der Waals surface area contributed by atoms with Crippen molar-refractivity contribution in [2.45, 2.75) is 44.7 Å². The first-order valence-electron chi connectivity index (χ1n) is 11.6. The summed E-state index contributed by atoms with van der Waals surface area (Å²) >= 11 is 0. The van der Waals surface area contributed by atoms with Gasteiger partial charge in [-0.1, -0.05) is 48.5 Å². The number of hydrogen-bond acceptors (Lipinski definition) is 1. The Labute approximate surface area is 187 Å². The van der Waals surface area contributed by atoms with Gasteiger partial charge in [0.1, 0.15) is 0 Å². The third-order valence-corrected chi connectivity index (χ3v) is 6.94. The molecule has 0 amide bonds. The Morgan fingerprint density at radius 2 is 1.59 bits per heavy atom. The molecule has 0 saturated carbocycles. The highest BCUT2D eigenvalue weighted by atomic mass is 19.4. The van der Waals surface area contributed by atoms with E-state index in [9.17, 15) is 13.2 Å². The normalized spacial score (nSPS) is 17.3. The first kappa shape index (κ1) is 21.3. The molecule has 4 heteroatoms. The number of aryl methyl sites for hydroxylation is 2. The Balaban J connectivity index is 1.23. The van der Waals surface area contributed by atoms with Crippen LogP contribution in [0, 0.1) is 0 Å². The van der Waals surface area contributed by atoms with E-state index in [-0.39, 0.29) is 0 Å². The lowest BCUT2D eigenvalue weighted by Gasteiger charge is -2.26. The average Bonchev–Trinajstić information content (AvgIpc) is 2.81. The summed E-state index contributed by atoms with van der Waals surface area (Å²) in [5.74, 6) is 0. The fourth-order valence-corrected chi connectivity index (χ4v) is 5.05. The first-order valence-corrected chi connectivity index (χ1v) is 11.6. The van der Waals surface area contributed by atoms with Crippen molar-refractivity contribution in [1.82, 2.24) is 4.90 Å². The monoisotopic (exact) mass is 435 g/mol. The van der Waals surface area contributed by atoms with Gasteiger partial charge >= 0.3 is 6.18 Å². The quantitative estimate of drug-likeness (QED) is 0.424. The van der Waals surface area contributed by atoms with Gasteiger partial charge in [0.2, 0.25) is 0 Å². The van der Waals surface area contributed by atoms with Crippen LogP contribution in [-0.2, 0) is 25.4 Å². The highest BCUT2D eigenvalue weighted by Gasteiger charge is 2.30. The summed E-state index contributed by atoms with van der Waals surface area (Å²) in [5, 5.41) is 2.68. The van der Waals surface area contributed by atoms with Crippen molar-refractivity contribution in [3.05, 3.63) is 88.5 Å². The van der Waals surface area contributed by atoms with Crippen molar-refractivity contribution >= 4 is 16.3 Å². The van der Waals surface area contributed by atoms with E-state index in [1.165, 1.54) is 65.3 Å². The van der Waals surface area contributed by atoms with E-state index in [1.54, 1.807) is 6.07 Å². The zero-order chi connectivity index (χ0) is 22.1. The number of halogens is 3. The largest absolute Gasteiger partial charge is 0.416 e. The Morgan fingerprint density at radius 1 is 0.812 bits per heavy atom. The summed E-state index contributed by atoms with van der Waals surface area (Å²) in [6, 6.07) is 17.3. The van der Waals surface area contributed by atoms with Gasteiger partial charge in [-0.25, -0.2) is 0 Å². The molecular formula is C28H28F3N. The average molecular weight is 436 g/mol. The molecule has 1 heterocycles. The number of benzene rings is 3. The van der Waals surface area contributed by atoms with Crippen LogP contribution in [0.1, 0.15) is 47.1 Å². The minimum atomic E-state index is -4.30. The molecule has 0 aromatic heterocycles. The van der Waals surface area contributed by atoms with Crippen molar-refractivity contribution in [3.8, 4) is 0 Å². The number of rotatable bonds is 4. The minimum Gasteiger partial charge on any atom is -0.299 e. The molecule has 3 aromatic carbocycles. The summed E-state index contributed by atoms with van der Waals surface area (Å²) in [6.07, 6.45) is 4.56. The van der Waals surface area contributed by atoms with Crippen molar-refractivity contribution < 1.29 is 13.2 Å². The van der Waals surface area contributed by atoms with E-state index in [4.69, 9.17) is 0 Å². The Kier molecular flexibility index (Phi) is 5.81. The number of nitrogens with zero attached hydrogens (tertiary/aromatic N) is 1. The van der Waals surface area contributed by atoms with Gasteiger partial charge in [-0.15, -0.1) is 0 Å². The lowest BCUT2D eigenvalue weighted by molar-refractivity contribution is -0.137. The molecule has 2 aliphatic rings. The second-order valence-electron chi connectivity index (χ2n) is 9.12. The molecule has 1 aliphatic carbocycles. The van der Waals surface area contributed by atoms with Crippen LogP contribution in [-0.4, -0.2) is 24.5 Å². The van der Waals surface area contributed by atoms with Gasteiger partial charge in [0, 0.05) is 19.6 Å². The fraction of sp³-hybridized carbons (Fsp3) is 0.357. The van der Waals surface area contributed by atoms with E-state index in [0.717, 1.165) is 44.1 Å². The Bertz CT molecular complexity index is 1160. The van der Waals surface area contributed by atoms with Gasteiger partial charge in [-0.05, 0) is 89.3 Å². The summed E-state index contributed by atoms with van der Waals surface area (Å²) in [7, 11) is 0. The molecule has 166 valence electrons. The summed E-state index contributed by atoms with van der Waals surface area (Å²) < 4.78 is 39.0. The lowest BCUT2D eigenvalue weighted by Crippen LogP contribution is -2.30. The molecule has 0 fully saturated rings. The maximum atomic E-state index is 13.0. The summed E-state index contributed by atoms with van der Waals surface area (Å²) in [5.41, 5.74) is 5.52. The summed E-state index contributed by atoms with van der Waals surface area (Å²) in [4.78, 5) is 2.38. The van der Waals surface area contributed by atoms with Crippen LogP contribution < -0.4 is 0 Å². The second kappa shape index (κ2) is 8.74. The highest BCUT2D eigenvalue weighted by molar-refractivity contribution is 5.85. The minimum absolute atomic E-state index is 0.573. The predicted octanol–water partition coefficient (Wildman–Crippen LogP) is 7.07. The van der Waals surface area contributed by atoms with Gasteiger partial charge in [0.15, 0.2) is 0 Å². The molecule has 0 saturated heterocycles. The van der Waals surface area contributed by atoms with Crippen molar-refractivity contribution in [1.29, 1.82) is 0 Å². The van der Waals surface area contributed by atoms with E-state index in [2.05, 4.69) is 41.3 Å². The maximum Gasteiger partial charge on any atom is 0.416 e. The Morgan fingerprint density at radius 3 is 2.31 bits per heavy atom. The third-order valence-electron chi connectivity index (χ3n) is 6.94. The van der Waals surface area contributed by atoms with E-state index >= 15 is 0 Å². The van der Waals surface area contributed by atoms with Gasteiger partial charge < -0.3 is 0 Å². The molecule has 3 aromatic rings. The smallest absolute Gasteiger partial charge is 0.299 e. The van der Waals surface area contributed by atoms with Crippen LogP contribution in [0.2, 0.25) is 0 Å². The first-order chi connectivity index (χ1) is 15.5. The van der Waals surface area contributed by atoms with Gasteiger partial charge in [-0.3, -0.25) is 4.90 Å². The molecule has 1 nitrogen and oxygen atoms in total. The van der Waals surface area contributed by atoms with E-state index < -0.39 is 11.7 Å². The molecule has 5 rings (SSSR count). The Hall–Kier alpha value is -2.59. The molecule has 0 spiro atoms. The molecule has 0 bridgehead atoms. The van der Waals surface area contributed by atoms with Gasteiger partial charge in [0.05, 0.1) is 5.56 Å². The van der Waals surface area contributed by atoms with E-state index in [0.29, 0.717) is 5.56 Å². The zero-order valence-electron chi connectivity index (χ0n) is 18.2. The van der Waals surface area contributed by atoms with Crippen LogP contribution in [0.4, 0.5) is 13.2 Å². The molecule has 0 unspecified atom stereocenters. The van der Waals surface area contributed by atoms with Crippen molar-refractivity contribution in [2.75, 3.05) is 19.6 Å². The molecule has 32 heavy (non-hydrogen) atoms. The molecule has 0 atom stereocenters. The highest BCUT2D eigenvalue weighted by Crippen LogP contribution is 2.32. The summed E-state index contributed by atoms with van der Waals surface area (Å²) in [6.45, 7) is 2.62.